The number of aryl methyl sites for hydroxylation is 1. The topological polar surface area (TPSA) is 65.4 Å². The van der Waals surface area contributed by atoms with E-state index in [4.69, 9.17) is 14.5 Å². The zero-order valence-corrected chi connectivity index (χ0v) is 23.9. The Bertz CT molecular complexity index is 1260. The maximum Gasteiger partial charge on any atom is 0.305 e. The number of nitrogens with zero attached hydrogens (tertiary/aromatic N) is 2. The van der Waals surface area contributed by atoms with Crippen LogP contribution in [0.4, 0.5) is 16.0 Å². The van der Waals surface area contributed by atoms with Gasteiger partial charge in [-0.1, -0.05) is 33.8 Å². The minimum absolute atomic E-state index is 0.0980. The number of anilines is 2. The van der Waals surface area contributed by atoms with Crippen LogP contribution in [0.1, 0.15) is 85.3 Å². The number of rotatable bonds is 9. The van der Waals surface area contributed by atoms with Crippen LogP contribution in [0.25, 0.3) is 11.0 Å². The smallest absolute Gasteiger partial charge is 0.305 e. The highest BCUT2D eigenvalue weighted by Crippen LogP contribution is 2.51. The fraction of sp³-hybridized carbons (Fsp3) is 0.548. The van der Waals surface area contributed by atoms with Gasteiger partial charge in [0.1, 0.15) is 11.3 Å². The second-order valence-electron chi connectivity index (χ2n) is 12.5. The molecule has 1 aliphatic rings. The number of esters is 1. The van der Waals surface area contributed by atoms with Crippen molar-refractivity contribution < 1.29 is 18.7 Å². The maximum absolute atomic E-state index is 15.8. The molecular formula is C31H42FN3O3. The predicted molar refractivity (Wildman–Crippen MR) is 151 cm³/mol. The predicted octanol–water partition coefficient (Wildman–Crippen LogP) is 7.98. The molecule has 6 nitrogen and oxygen atoms in total. The summed E-state index contributed by atoms with van der Waals surface area (Å²) in [5, 5.41) is 3.48. The van der Waals surface area contributed by atoms with Crippen molar-refractivity contribution in [2.45, 2.75) is 92.2 Å². The Kier molecular flexibility index (Phi) is 8.05. The lowest BCUT2D eigenvalue weighted by Crippen LogP contribution is -2.35. The summed E-state index contributed by atoms with van der Waals surface area (Å²) in [7, 11) is 1.37. The second-order valence-corrected chi connectivity index (χ2v) is 12.5. The van der Waals surface area contributed by atoms with Crippen molar-refractivity contribution >= 4 is 28.6 Å². The van der Waals surface area contributed by atoms with E-state index in [1.807, 2.05) is 50.2 Å². The first kappa shape index (κ1) is 27.9. The van der Waals surface area contributed by atoms with Crippen LogP contribution in [0.2, 0.25) is 0 Å². The molecule has 38 heavy (non-hydrogen) atoms. The molecule has 0 unspecified atom stereocenters. The second kappa shape index (κ2) is 11.0. The zero-order valence-electron chi connectivity index (χ0n) is 23.9. The summed E-state index contributed by atoms with van der Waals surface area (Å²) in [6.07, 6.45) is 4.45. The molecule has 1 aliphatic carbocycles. The van der Waals surface area contributed by atoms with Crippen molar-refractivity contribution in [1.29, 1.82) is 0 Å². The third kappa shape index (κ3) is 6.48. The van der Waals surface area contributed by atoms with Gasteiger partial charge in [-0.2, -0.15) is 0 Å². The molecule has 206 valence electrons. The molecule has 7 heteroatoms. The van der Waals surface area contributed by atoms with Gasteiger partial charge in [0.15, 0.2) is 5.82 Å². The first-order chi connectivity index (χ1) is 17.9. The van der Waals surface area contributed by atoms with E-state index in [1.54, 1.807) is 0 Å². The molecule has 3 aromatic rings. The first-order valence-corrected chi connectivity index (χ1v) is 13.7. The average molecular weight is 524 g/mol. The van der Waals surface area contributed by atoms with E-state index in [0.29, 0.717) is 29.9 Å². The molecule has 0 saturated heterocycles. The highest BCUT2D eigenvalue weighted by Gasteiger charge is 2.40. The van der Waals surface area contributed by atoms with Crippen LogP contribution >= 0.6 is 0 Å². The number of carbonyl (C=O) groups is 1. The number of nitrogens with one attached hydrogen (secondary N) is 1. The zero-order chi connectivity index (χ0) is 27.7. The molecule has 4 rings (SSSR count). The number of halogens is 1. The summed E-state index contributed by atoms with van der Waals surface area (Å²) in [5.74, 6) is 0.845. The molecule has 2 aromatic carbocycles. The van der Waals surface area contributed by atoms with Gasteiger partial charge in [-0.15, -0.1) is 0 Å². The number of benzene rings is 2. The summed E-state index contributed by atoms with van der Waals surface area (Å²) in [4.78, 5) is 16.3. The van der Waals surface area contributed by atoms with E-state index in [9.17, 15) is 4.79 Å². The van der Waals surface area contributed by atoms with Gasteiger partial charge in [-0.25, -0.2) is 9.37 Å². The number of ether oxygens (including phenoxy) is 2. The largest absolute Gasteiger partial charge is 0.491 e. The van der Waals surface area contributed by atoms with Crippen LogP contribution in [-0.4, -0.2) is 28.7 Å². The van der Waals surface area contributed by atoms with Crippen molar-refractivity contribution in [3.05, 3.63) is 47.8 Å². The molecule has 0 radical (unpaired) electrons. The number of methoxy groups -OCH3 is 1. The summed E-state index contributed by atoms with van der Waals surface area (Å²) in [6, 6.07) is 11.8. The van der Waals surface area contributed by atoms with E-state index in [-0.39, 0.29) is 41.2 Å². The molecular weight excluding hydrogens is 481 g/mol. The van der Waals surface area contributed by atoms with E-state index in [1.165, 1.54) is 7.11 Å². The minimum Gasteiger partial charge on any atom is -0.491 e. The standard InChI is InChI=1S/C31H42FN3O3/c1-20(2)38-24-14-12-22(13-15-24)33-29-34-28-25(16-11-21(27(28)32)9-8-10-26(36)37-7)35(29)23-17-30(3,4)19-31(5,6)18-23/h11-16,20,23H,8-10,17-19H2,1-7H3,(H,33,34). The van der Waals surface area contributed by atoms with Crippen molar-refractivity contribution in [1.82, 2.24) is 9.55 Å². The Morgan fingerprint density at radius 2 is 1.76 bits per heavy atom. The van der Waals surface area contributed by atoms with E-state index < -0.39 is 0 Å². The molecule has 0 bridgehead atoms. The van der Waals surface area contributed by atoms with Crippen molar-refractivity contribution in [2.75, 3.05) is 12.4 Å². The van der Waals surface area contributed by atoms with Crippen LogP contribution in [0, 0.1) is 16.6 Å². The molecule has 0 atom stereocenters. The molecule has 1 heterocycles. The number of hydrogen-bond donors (Lipinski definition) is 1. The third-order valence-electron chi connectivity index (χ3n) is 7.32. The molecule has 1 aromatic heterocycles. The maximum atomic E-state index is 15.8. The Balaban J connectivity index is 1.73. The van der Waals surface area contributed by atoms with Crippen LogP contribution in [0.15, 0.2) is 36.4 Å². The summed E-state index contributed by atoms with van der Waals surface area (Å²) >= 11 is 0. The Hall–Kier alpha value is -3.09. The molecule has 1 N–H and O–H groups in total. The molecule has 0 aliphatic heterocycles. The molecule has 0 amide bonds. The summed E-state index contributed by atoms with van der Waals surface area (Å²) in [5.41, 5.74) is 2.90. The summed E-state index contributed by atoms with van der Waals surface area (Å²) < 4.78 is 28.5. The van der Waals surface area contributed by atoms with Gasteiger partial charge >= 0.3 is 5.97 Å². The molecule has 1 saturated carbocycles. The van der Waals surface area contributed by atoms with Gasteiger partial charge in [0.05, 0.1) is 18.7 Å². The fourth-order valence-electron chi connectivity index (χ4n) is 6.34. The number of hydrogen-bond acceptors (Lipinski definition) is 5. The van der Waals surface area contributed by atoms with Crippen molar-refractivity contribution in [2.24, 2.45) is 10.8 Å². The Labute approximate surface area is 225 Å². The normalized spacial score (nSPS) is 17.1. The van der Waals surface area contributed by atoms with Gasteiger partial charge in [0.25, 0.3) is 0 Å². The third-order valence-corrected chi connectivity index (χ3v) is 7.32. The lowest BCUT2D eigenvalue weighted by Gasteiger charge is -2.45. The van der Waals surface area contributed by atoms with Gasteiger partial charge in [0, 0.05) is 18.2 Å². The monoisotopic (exact) mass is 523 g/mol. The highest BCUT2D eigenvalue weighted by atomic mass is 19.1. The lowest BCUT2D eigenvalue weighted by molar-refractivity contribution is -0.140. The van der Waals surface area contributed by atoms with Crippen LogP contribution in [0.5, 0.6) is 5.75 Å². The number of carbonyl (C=O) groups excluding carboxylic acids is 1. The van der Waals surface area contributed by atoms with E-state index in [0.717, 1.165) is 36.2 Å². The number of aromatic nitrogens is 2. The quantitative estimate of drug-likeness (QED) is 0.288. The SMILES string of the molecule is COC(=O)CCCc1ccc2c(nc(Nc3ccc(OC(C)C)cc3)n2C2CC(C)(C)CC(C)(C)C2)c1F. The van der Waals surface area contributed by atoms with Gasteiger partial charge < -0.3 is 19.4 Å². The van der Waals surface area contributed by atoms with Gasteiger partial charge in [-0.3, -0.25) is 4.79 Å². The highest BCUT2D eigenvalue weighted by molar-refractivity contribution is 5.81. The molecule has 0 spiro atoms. The van der Waals surface area contributed by atoms with Crippen LogP contribution in [-0.2, 0) is 16.0 Å². The average Bonchev–Trinajstić information content (AvgIpc) is 3.18. The van der Waals surface area contributed by atoms with Gasteiger partial charge in [-0.05, 0) is 92.7 Å². The van der Waals surface area contributed by atoms with E-state index >= 15 is 4.39 Å². The van der Waals surface area contributed by atoms with Crippen LogP contribution in [0.3, 0.4) is 0 Å². The Morgan fingerprint density at radius 3 is 2.37 bits per heavy atom. The fourth-order valence-corrected chi connectivity index (χ4v) is 6.34. The first-order valence-electron chi connectivity index (χ1n) is 13.7. The van der Waals surface area contributed by atoms with Gasteiger partial charge in [0.2, 0.25) is 5.95 Å². The minimum atomic E-state index is -0.316. The lowest BCUT2D eigenvalue weighted by atomic mass is 9.63. The summed E-state index contributed by atoms with van der Waals surface area (Å²) in [6.45, 7) is 13.3. The van der Waals surface area contributed by atoms with Crippen molar-refractivity contribution in [3.63, 3.8) is 0 Å². The van der Waals surface area contributed by atoms with Crippen molar-refractivity contribution in [3.8, 4) is 5.75 Å². The Morgan fingerprint density at radius 1 is 1.11 bits per heavy atom. The molecule has 1 fully saturated rings. The van der Waals surface area contributed by atoms with Crippen LogP contribution < -0.4 is 10.1 Å². The number of imidazole rings is 1. The number of fused-ring (bicyclic) bond motifs is 1. The van der Waals surface area contributed by atoms with E-state index in [2.05, 4.69) is 37.6 Å².